The van der Waals surface area contributed by atoms with Gasteiger partial charge >= 0.3 is 5.97 Å². The summed E-state index contributed by atoms with van der Waals surface area (Å²) in [5, 5.41) is 8.63. The largest absolute Gasteiger partial charge is 0.481 e. The zero-order valence-electron chi connectivity index (χ0n) is 13.1. The predicted molar refractivity (Wildman–Crippen MR) is 82.2 cm³/mol. The number of nitrogens with zero attached hydrogens (tertiary/aromatic N) is 1. The molecule has 0 aliphatic carbocycles. The molecular weight excluding hydrogens is 282 g/mol. The van der Waals surface area contributed by atoms with Crippen molar-refractivity contribution < 1.29 is 19.4 Å². The maximum absolute atomic E-state index is 10.5. The molecule has 1 aliphatic heterocycles. The fraction of sp³-hybridized carbons (Fsp3) is 0.529. The van der Waals surface area contributed by atoms with Crippen molar-refractivity contribution in [3.8, 4) is 0 Å². The molecule has 2 atom stereocenters. The average Bonchev–Trinajstić information content (AvgIpc) is 2.48. The van der Waals surface area contributed by atoms with Crippen LogP contribution in [0.2, 0.25) is 0 Å². The Balaban J connectivity index is 2.00. The van der Waals surface area contributed by atoms with Crippen molar-refractivity contribution in [2.24, 2.45) is 5.92 Å². The lowest BCUT2D eigenvalue weighted by Crippen LogP contribution is -2.41. The van der Waals surface area contributed by atoms with Gasteiger partial charge < -0.3 is 14.6 Å². The third-order valence-electron chi connectivity index (χ3n) is 3.63. The highest BCUT2D eigenvalue weighted by Gasteiger charge is 2.36. The minimum absolute atomic E-state index is 0.0680. The molecule has 5 heteroatoms. The molecule has 1 N–H and O–H groups in total. The number of carboxylic acids is 1. The van der Waals surface area contributed by atoms with Gasteiger partial charge in [-0.15, -0.1) is 0 Å². The Hall–Kier alpha value is -1.72. The summed E-state index contributed by atoms with van der Waals surface area (Å²) >= 11 is 0. The van der Waals surface area contributed by atoms with E-state index < -0.39 is 11.8 Å². The number of hydrogen-bond donors (Lipinski definition) is 1. The average molecular weight is 305 g/mol. The lowest BCUT2D eigenvalue weighted by atomic mass is 9.92. The first-order valence-corrected chi connectivity index (χ1v) is 7.56. The second-order valence-electron chi connectivity index (χ2n) is 5.94. The highest BCUT2D eigenvalue weighted by Crippen LogP contribution is 2.38. The Morgan fingerprint density at radius 2 is 2.32 bits per heavy atom. The van der Waals surface area contributed by atoms with Gasteiger partial charge in [-0.1, -0.05) is 18.2 Å². The molecule has 1 saturated heterocycles. The molecule has 0 bridgehead atoms. The summed E-state index contributed by atoms with van der Waals surface area (Å²) in [5.41, 5.74) is 1.04. The van der Waals surface area contributed by atoms with Crippen molar-refractivity contribution in [1.29, 1.82) is 0 Å². The molecule has 1 aromatic heterocycles. The van der Waals surface area contributed by atoms with E-state index in [9.17, 15) is 4.79 Å². The third-order valence-corrected chi connectivity index (χ3v) is 3.63. The van der Waals surface area contributed by atoms with E-state index in [1.807, 2.05) is 44.3 Å². The van der Waals surface area contributed by atoms with Crippen molar-refractivity contribution in [2.45, 2.75) is 45.0 Å². The van der Waals surface area contributed by atoms with Crippen molar-refractivity contribution >= 4 is 5.97 Å². The van der Waals surface area contributed by atoms with E-state index in [1.54, 1.807) is 6.20 Å². The maximum Gasteiger partial charge on any atom is 0.303 e. The predicted octanol–water partition coefficient (Wildman–Crippen LogP) is 3.33. The number of ether oxygens (including phenoxy) is 2. The Morgan fingerprint density at radius 1 is 1.50 bits per heavy atom. The number of allylic oxidation sites excluding steroid dienone is 2. The van der Waals surface area contributed by atoms with E-state index >= 15 is 0 Å². The number of carbonyl (C=O) groups is 1. The first-order chi connectivity index (χ1) is 10.5. The third kappa shape index (κ3) is 4.93. The molecule has 22 heavy (non-hydrogen) atoms. The van der Waals surface area contributed by atoms with Crippen molar-refractivity contribution in [3.63, 3.8) is 0 Å². The molecule has 0 aromatic carbocycles. The van der Waals surface area contributed by atoms with Gasteiger partial charge in [0.05, 0.1) is 12.7 Å². The van der Waals surface area contributed by atoms with Crippen LogP contribution in [0.25, 0.3) is 0 Å². The monoisotopic (exact) mass is 305 g/mol. The number of aliphatic carboxylic acids is 1. The van der Waals surface area contributed by atoms with Gasteiger partial charge in [-0.2, -0.15) is 0 Å². The summed E-state index contributed by atoms with van der Waals surface area (Å²) in [6.45, 7) is 4.43. The Bertz CT molecular complexity index is 513. The van der Waals surface area contributed by atoms with E-state index in [0.717, 1.165) is 12.0 Å². The quantitative estimate of drug-likeness (QED) is 0.816. The second kappa shape index (κ2) is 7.51. The van der Waals surface area contributed by atoms with Gasteiger partial charge in [-0.25, -0.2) is 0 Å². The van der Waals surface area contributed by atoms with Crippen molar-refractivity contribution in [1.82, 2.24) is 4.98 Å². The van der Waals surface area contributed by atoms with Gasteiger partial charge in [0.1, 0.15) is 0 Å². The maximum atomic E-state index is 10.5. The van der Waals surface area contributed by atoms with Crippen LogP contribution < -0.4 is 0 Å². The molecule has 1 aromatic rings. The first kappa shape index (κ1) is 16.6. The van der Waals surface area contributed by atoms with E-state index in [-0.39, 0.29) is 18.4 Å². The van der Waals surface area contributed by atoms with Crippen LogP contribution in [0.5, 0.6) is 0 Å². The van der Waals surface area contributed by atoms with E-state index in [1.165, 1.54) is 0 Å². The van der Waals surface area contributed by atoms with Crippen LogP contribution in [0.15, 0.2) is 36.7 Å². The number of carboxylic acid groups (broad SMARTS) is 1. The molecule has 2 rings (SSSR count). The highest BCUT2D eigenvalue weighted by molar-refractivity contribution is 5.66. The fourth-order valence-electron chi connectivity index (χ4n) is 2.50. The van der Waals surface area contributed by atoms with Crippen LogP contribution in [0.1, 0.15) is 44.8 Å². The van der Waals surface area contributed by atoms with Gasteiger partial charge in [0, 0.05) is 24.7 Å². The van der Waals surface area contributed by atoms with Crippen LogP contribution in [-0.4, -0.2) is 28.5 Å². The minimum atomic E-state index is -0.774. The molecule has 0 amide bonds. The van der Waals surface area contributed by atoms with Gasteiger partial charge in [0.25, 0.3) is 0 Å². The van der Waals surface area contributed by atoms with Gasteiger partial charge in [0.15, 0.2) is 5.79 Å². The first-order valence-electron chi connectivity index (χ1n) is 7.56. The molecule has 2 heterocycles. The zero-order chi connectivity index (χ0) is 16.0. The van der Waals surface area contributed by atoms with Crippen molar-refractivity contribution in [2.75, 3.05) is 6.61 Å². The van der Waals surface area contributed by atoms with E-state index in [2.05, 4.69) is 4.98 Å². The lowest BCUT2D eigenvalue weighted by molar-refractivity contribution is -0.295. The Morgan fingerprint density at radius 3 is 3.00 bits per heavy atom. The summed E-state index contributed by atoms with van der Waals surface area (Å²) in [7, 11) is 0. The summed E-state index contributed by atoms with van der Waals surface area (Å²) in [4.78, 5) is 14.7. The Kier molecular flexibility index (Phi) is 5.69. The van der Waals surface area contributed by atoms with Gasteiger partial charge in [-0.05, 0) is 38.3 Å². The number of aromatic nitrogens is 1. The summed E-state index contributed by atoms with van der Waals surface area (Å²) in [6.07, 6.45) is 8.93. The van der Waals surface area contributed by atoms with E-state index in [4.69, 9.17) is 14.6 Å². The number of rotatable bonds is 6. The zero-order valence-corrected chi connectivity index (χ0v) is 13.1. The van der Waals surface area contributed by atoms with Crippen LogP contribution in [-0.2, 0) is 14.3 Å². The fourth-order valence-corrected chi connectivity index (χ4v) is 2.50. The molecular formula is C17H23NO4. The smallest absolute Gasteiger partial charge is 0.303 e. The SMILES string of the molecule is CC1(C)OC[C@@H](CC=CCCC(=O)O)[C@@H](c2cccnc2)O1. The highest BCUT2D eigenvalue weighted by atomic mass is 16.7. The molecule has 0 spiro atoms. The molecule has 0 radical (unpaired) electrons. The van der Waals surface area contributed by atoms with Crippen LogP contribution >= 0.6 is 0 Å². The van der Waals surface area contributed by atoms with Crippen LogP contribution in [0, 0.1) is 5.92 Å². The van der Waals surface area contributed by atoms with E-state index in [0.29, 0.717) is 13.0 Å². The van der Waals surface area contributed by atoms with Crippen LogP contribution in [0.4, 0.5) is 0 Å². The summed E-state index contributed by atoms with van der Waals surface area (Å²) < 4.78 is 11.8. The normalized spacial score (nSPS) is 24.5. The van der Waals surface area contributed by atoms with Crippen molar-refractivity contribution in [3.05, 3.63) is 42.2 Å². The summed E-state index contributed by atoms with van der Waals surface area (Å²) in [5.74, 6) is -1.19. The molecule has 5 nitrogen and oxygen atoms in total. The van der Waals surface area contributed by atoms with Crippen LogP contribution in [0.3, 0.4) is 0 Å². The minimum Gasteiger partial charge on any atom is -0.481 e. The molecule has 1 aliphatic rings. The van der Waals surface area contributed by atoms with Gasteiger partial charge in [-0.3, -0.25) is 9.78 Å². The number of pyridine rings is 1. The second-order valence-corrected chi connectivity index (χ2v) is 5.94. The Labute approximate surface area is 131 Å². The number of hydrogen-bond acceptors (Lipinski definition) is 4. The summed E-state index contributed by atoms with van der Waals surface area (Å²) in [6, 6.07) is 3.92. The molecule has 0 unspecified atom stereocenters. The topological polar surface area (TPSA) is 68.7 Å². The molecule has 120 valence electrons. The lowest BCUT2D eigenvalue weighted by Gasteiger charge is -2.41. The van der Waals surface area contributed by atoms with Gasteiger partial charge in [0.2, 0.25) is 0 Å². The molecule has 0 saturated carbocycles. The molecule has 1 fully saturated rings. The standard InChI is InChI=1S/C17H23NO4/c1-17(2)21-12-14(7-4-3-5-9-15(19)20)16(22-17)13-8-6-10-18-11-13/h3-4,6,8,10-11,14,16H,5,7,9,12H2,1-2H3,(H,19,20)/t14-,16-/m1/s1.